The molecule has 0 unspecified atom stereocenters. The second kappa shape index (κ2) is 9.78. The number of nitrogens with zero attached hydrogens (tertiary/aromatic N) is 5. The number of hydrogen-bond acceptors (Lipinski definition) is 7. The molecule has 0 saturated carbocycles. The van der Waals surface area contributed by atoms with Gasteiger partial charge in [0.2, 0.25) is 5.91 Å². The van der Waals surface area contributed by atoms with Gasteiger partial charge >= 0.3 is 0 Å². The van der Waals surface area contributed by atoms with Gasteiger partial charge in [0, 0.05) is 56.9 Å². The van der Waals surface area contributed by atoms with Gasteiger partial charge in [-0.3, -0.25) is 14.8 Å². The predicted octanol–water partition coefficient (Wildman–Crippen LogP) is 2.41. The van der Waals surface area contributed by atoms with Crippen LogP contribution in [0.5, 0.6) is 0 Å². The molecular formula is C22H25N7O. The van der Waals surface area contributed by atoms with Crippen LogP contribution in [0.3, 0.4) is 0 Å². The Labute approximate surface area is 175 Å². The lowest BCUT2D eigenvalue weighted by molar-refractivity contribution is -0.125. The van der Waals surface area contributed by atoms with Crippen molar-refractivity contribution in [2.75, 3.05) is 23.3 Å². The Morgan fingerprint density at radius 3 is 2.23 bits per heavy atom. The molecule has 1 aliphatic heterocycles. The fraction of sp³-hybridized carbons (Fsp3) is 0.318. The van der Waals surface area contributed by atoms with Gasteiger partial charge in [-0.15, -0.1) is 10.2 Å². The third-order valence-corrected chi connectivity index (χ3v) is 5.23. The highest BCUT2D eigenvalue weighted by molar-refractivity contribution is 5.79. The summed E-state index contributed by atoms with van der Waals surface area (Å²) in [5, 5.41) is 14.9. The summed E-state index contributed by atoms with van der Waals surface area (Å²) in [5.41, 5.74) is 2.10. The molecule has 4 heterocycles. The molecule has 0 aliphatic carbocycles. The van der Waals surface area contributed by atoms with E-state index in [0.717, 1.165) is 48.7 Å². The molecule has 154 valence electrons. The van der Waals surface area contributed by atoms with Crippen molar-refractivity contribution >= 4 is 17.5 Å². The van der Waals surface area contributed by atoms with E-state index in [9.17, 15) is 4.79 Å². The number of pyridine rings is 2. The zero-order valence-corrected chi connectivity index (χ0v) is 16.7. The minimum atomic E-state index is 0.0336. The van der Waals surface area contributed by atoms with Gasteiger partial charge < -0.3 is 15.5 Å². The molecule has 0 radical (unpaired) electrons. The minimum Gasteiger partial charge on any atom is -0.364 e. The van der Waals surface area contributed by atoms with E-state index in [1.165, 1.54) is 0 Å². The van der Waals surface area contributed by atoms with Crippen LogP contribution in [0.25, 0.3) is 0 Å². The lowest BCUT2D eigenvalue weighted by Crippen LogP contribution is -2.40. The minimum absolute atomic E-state index is 0.0336. The third-order valence-electron chi connectivity index (χ3n) is 5.23. The number of carbonyl (C=O) groups is 1. The first-order valence-corrected chi connectivity index (χ1v) is 10.2. The average molecular weight is 403 g/mol. The quantitative estimate of drug-likeness (QED) is 0.625. The second-order valence-electron chi connectivity index (χ2n) is 7.33. The molecule has 0 aromatic carbocycles. The van der Waals surface area contributed by atoms with Crippen molar-refractivity contribution in [1.29, 1.82) is 0 Å². The van der Waals surface area contributed by atoms with Crippen molar-refractivity contribution in [3.05, 3.63) is 72.3 Å². The molecule has 0 atom stereocenters. The summed E-state index contributed by atoms with van der Waals surface area (Å²) in [7, 11) is 0. The number of amides is 1. The molecule has 1 fully saturated rings. The zero-order valence-electron chi connectivity index (χ0n) is 16.7. The normalized spacial score (nSPS) is 14.3. The summed E-state index contributed by atoms with van der Waals surface area (Å²) in [6.45, 7) is 2.76. The van der Waals surface area contributed by atoms with Crippen LogP contribution in [0.1, 0.15) is 24.0 Å². The molecule has 3 aromatic rings. The fourth-order valence-electron chi connectivity index (χ4n) is 3.49. The number of nitrogens with one attached hydrogen (secondary N) is 2. The van der Waals surface area contributed by atoms with E-state index in [1.54, 1.807) is 18.6 Å². The van der Waals surface area contributed by atoms with Gasteiger partial charge in [-0.2, -0.15) is 0 Å². The van der Waals surface area contributed by atoms with Crippen LogP contribution in [0.15, 0.2) is 61.2 Å². The van der Waals surface area contributed by atoms with Gasteiger partial charge in [-0.1, -0.05) is 12.1 Å². The first-order valence-electron chi connectivity index (χ1n) is 10.2. The van der Waals surface area contributed by atoms with Crippen molar-refractivity contribution < 1.29 is 4.79 Å². The topological polar surface area (TPSA) is 95.9 Å². The van der Waals surface area contributed by atoms with Crippen molar-refractivity contribution in [3.63, 3.8) is 0 Å². The average Bonchev–Trinajstić information content (AvgIpc) is 2.83. The van der Waals surface area contributed by atoms with Crippen LogP contribution >= 0.6 is 0 Å². The molecule has 1 saturated heterocycles. The summed E-state index contributed by atoms with van der Waals surface area (Å²) in [4.78, 5) is 22.8. The highest BCUT2D eigenvalue weighted by Crippen LogP contribution is 2.22. The first-order chi connectivity index (χ1) is 14.8. The van der Waals surface area contributed by atoms with E-state index >= 15 is 0 Å². The van der Waals surface area contributed by atoms with Gasteiger partial charge in [0.1, 0.15) is 5.82 Å². The molecule has 0 spiro atoms. The van der Waals surface area contributed by atoms with Gasteiger partial charge in [-0.05, 0) is 48.2 Å². The molecular weight excluding hydrogens is 378 g/mol. The van der Waals surface area contributed by atoms with E-state index in [2.05, 4.69) is 35.7 Å². The number of carbonyl (C=O) groups excluding carboxylic acids is 1. The van der Waals surface area contributed by atoms with Gasteiger partial charge in [0.25, 0.3) is 0 Å². The van der Waals surface area contributed by atoms with E-state index in [1.807, 2.05) is 42.6 Å². The van der Waals surface area contributed by atoms with Crippen LogP contribution in [-0.4, -0.2) is 39.2 Å². The SMILES string of the molecule is O=C(NCc1cccnc1)C1CCN(c2ccc(NCc3cccnc3)nn2)CC1. The standard InChI is InChI=1S/C22H25N7O/c30-22(26-16-18-4-2-10-24-14-18)19-7-11-29(12-8-19)21-6-5-20(27-28-21)25-15-17-3-1-9-23-13-17/h1-6,9-10,13-14,19H,7-8,11-12,15-16H2,(H,25,27)(H,26,30). The summed E-state index contributed by atoms with van der Waals surface area (Å²) in [6, 6.07) is 11.7. The van der Waals surface area contributed by atoms with Crippen molar-refractivity contribution in [2.45, 2.75) is 25.9 Å². The maximum absolute atomic E-state index is 12.5. The van der Waals surface area contributed by atoms with Crippen molar-refractivity contribution in [1.82, 2.24) is 25.5 Å². The maximum atomic E-state index is 12.5. The van der Waals surface area contributed by atoms with E-state index in [0.29, 0.717) is 13.1 Å². The molecule has 2 N–H and O–H groups in total. The maximum Gasteiger partial charge on any atom is 0.223 e. The number of aromatic nitrogens is 4. The number of rotatable bonds is 7. The Balaban J connectivity index is 1.23. The van der Waals surface area contributed by atoms with Crippen LogP contribution in [0.4, 0.5) is 11.6 Å². The molecule has 4 rings (SSSR count). The molecule has 8 nitrogen and oxygen atoms in total. The van der Waals surface area contributed by atoms with Crippen molar-refractivity contribution in [2.24, 2.45) is 5.92 Å². The number of anilines is 2. The summed E-state index contributed by atoms with van der Waals surface area (Å²) in [6.07, 6.45) is 8.70. The Bertz CT molecular complexity index is 927. The predicted molar refractivity (Wildman–Crippen MR) is 115 cm³/mol. The lowest BCUT2D eigenvalue weighted by atomic mass is 9.96. The Morgan fingerprint density at radius 1 is 0.933 bits per heavy atom. The first kappa shape index (κ1) is 19.8. The molecule has 8 heteroatoms. The van der Waals surface area contributed by atoms with E-state index in [4.69, 9.17) is 0 Å². The van der Waals surface area contributed by atoms with E-state index < -0.39 is 0 Å². The van der Waals surface area contributed by atoms with Crippen molar-refractivity contribution in [3.8, 4) is 0 Å². The largest absolute Gasteiger partial charge is 0.364 e. The summed E-state index contributed by atoms with van der Waals surface area (Å²) >= 11 is 0. The van der Waals surface area contributed by atoms with E-state index in [-0.39, 0.29) is 11.8 Å². The monoisotopic (exact) mass is 403 g/mol. The summed E-state index contributed by atoms with van der Waals surface area (Å²) < 4.78 is 0. The van der Waals surface area contributed by atoms with Gasteiger partial charge in [-0.25, -0.2) is 0 Å². The van der Waals surface area contributed by atoms with Crippen LogP contribution in [0, 0.1) is 5.92 Å². The smallest absolute Gasteiger partial charge is 0.223 e. The number of hydrogen-bond donors (Lipinski definition) is 2. The molecule has 1 amide bonds. The zero-order chi connectivity index (χ0) is 20.6. The second-order valence-corrected chi connectivity index (χ2v) is 7.33. The van der Waals surface area contributed by atoms with Crippen LogP contribution in [-0.2, 0) is 17.9 Å². The molecule has 1 aliphatic rings. The molecule has 0 bridgehead atoms. The molecule has 30 heavy (non-hydrogen) atoms. The number of piperidine rings is 1. The lowest BCUT2D eigenvalue weighted by Gasteiger charge is -2.31. The summed E-state index contributed by atoms with van der Waals surface area (Å²) in [5.74, 6) is 1.72. The highest BCUT2D eigenvalue weighted by atomic mass is 16.1. The molecule has 3 aromatic heterocycles. The Morgan fingerprint density at radius 2 is 1.63 bits per heavy atom. The van der Waals surface area contributed by atoms with Crippen LogP contribution in [0.2, 0.25) is 0 Å². The Kier molecular flexibility index (Phi) is 6.44. The van der Waals surface area contributed by atoms with Crippen LogP contribution < -0.4 is 15.5 Å². The van der Waals surface area contributed by atoms with Gasteiger partial charge in [0.05, 0.1) is 0 Å². The third kappa shape index (κ3) is 5.28. The fourth-order valence-corrected chi connectivity index (χ4v) is 3.49. The van der Waals surface area contributed by atoms with Gasteiger partial charge in [0.15, 0.2) is 5.82 Å². The Hall–Kier alpha value is -3.55. The highest BCUT2D eigenvalue weighted by Gasteiger charge is 2.25.